The van der Waals surface area contributed by atoms with Gasteiger partial charge in [-0.1, -0.05) is 62.4 Å². The van der Waals surface area contributed by atoms with Gasteiger partial charge in [-0.15, -0.1) is 0 Å². The molecular weight excluding hydrogens is 471 g/mol. The molecule has 0 saturated heterocycles. The summed E-state index contributed by atoms with van der Waals surface area (Å²) in [6, 6.07) is 15.0. The molecule has 1 saturated carbocycles. The van der Waals surface area contributed by atoms with Crippen molar-refractivity contribution in [3.63, 3.8) is 0 Å². The number of methoxy groups -OCH3 is 1. The lowest BCUT2D eigenvalue weighted by molar-refractivity contribution is -0.131. The number of amides is 1. The Bertz CT molecular complexity index is 1150. The van der Waals surface area contributed by atoms with E-state index in [1.54, 1.807) is 13.4 Å². The van der Waals surface area contributed by atoms with Gasteiger partial charge in [0.25, 0.3) is 0 Å². The first-order valence-corrected chi connectivity index (χ1v) is 13.1. The first-order valence-electron chi connectivity index (χ1n) is 13.1. The van der Waals surface area contributed by atoms with Crippen LogP contribution in [0, 0.1) is 11.8 Å². The van der Waals surface area contributed by atoms with E-state index in [1.807, 2.05) is 48.5 Å². The zero-order valence-corrected chi connectivity index (χ0v) is 21.3. The van der Waals surface area contributed by atoms with Crippen LogP contribution in [0.15, 0.2) is 59.2 Å². The summed E-state index contributed by atoms with van der Waals surface area (Å²) in [6.45, 7) is 0.361. The van der Waals surface area contributed by atoms with Crippen LogP contribution in [0.5, 0.6) is 5.75 Å². The SMILES string of the molecule is COc1cccc(CNC(O)C(CC2CCCCC2)C(=O)N[C@@H](Cc2coc3ccccc23)B(O)O)c1. The average molecular weight is 508 g/mol. The lowest BCUT2D eigenvalue weighted by Crippen LogP contribution is -2.53. The van der Waals surface area contributed by atoms with Gasteiger partial charge in [-0.2, -0.15) is 0 Å². The van der Waals surface area contributed by atoms with Crippen LogP contribution in [0.25, 0.3) is 11.0 Å². The van der Waals surface area contributed by atoms with Gasteiger partial charge in [-0.05, 0) is 48.1 Å². The molecular formula is C28H37BN2O6. The first-order chi connectivity index (χ1) is 17.9. The molecule has 0 spiro atoms. The molecule has 1 aliphatic carbocycles. The van der Waals surface area contributed by atoms with Crippen LogP contribution >= 0.6 is 0 Å². The molecule has 3 atom stereocenters. The summed E-state index contributed by atoms with van der Waals surface area (Å²) in [5.41, 5.74) is 2.39. The van der Waals surface area contributed by atoms with Crippen LogP contribution in [0.1, 0.15) is 49.7 Å². The topological polar surface area (TPSA) is 124 Å². The van der Waals surface area contributed by atoms with E-state index in [2.05, 4.69) is 10.6 Å². The highest BCUT2D eigenvalue weighted by molar-refractivity contribution is 6.43. The Labute approximate surface area is 218 Å². The smallest absolute Gasteiger partial charge is 0.475 e. The lowest BCUT2D eigenvalue weighted by atomic mass is 9.75. The predicted octanol–water partition coefficient (Wildman–Crippen LogP) is 3.18. The highest BCUT2D eigenvalue weighted by atomic mass is 16.5. The second-order valence-corrected chi connectivity index (χ2v) is 10.0. The van der Waals surface area contributed by atoms with Crippen molar-refractivity contribution in [3.05, 3.63) is 65.9 Å². The summed E-state index contributed by atoms with van der Waals surface area (Å²) in [7, 11) is -0.167. The van der Waals surface area contributed by atoms with Gasteiger partial charge in [-0.3, -0.25) is 10.1 Å². The third-order valence-corrected chi connectivity index (χ3v) is 7.37. The van der Waals surface area contributed by atoms with Gasteiger partial charge in [0, 0.05) is 11.9 Å². The molecule has 0 radical (unpaired) electrons. The number of carbonyl (C=O) groups excluding carboxylic acids is 1. The normalized spacial score (nSPS) is 16.8. The summed E-state index contributed by atoms with van der Waals surface area (Å²) in [4.78, 5) is 13.5. The Morgan fingerprint density at radius 2 is 1.92 bits per heavy atom. The third-order valence-electron chi connectivity index (χ3n) is 7.37. The van der Waals surface area contributed by atoms with Crippen molar-refractivity contribution < 1.29 is 29.1 Å². The number of ether oxygens (including phenoxy) is 1. The summed E-state index contributed by atoms with van der Waals surface area (Å²) >= 11 is 0. The van der Waals surface area contributed by atoms with E-state index in [0.29, 0.717) is 24.5 Å². The molecule has 37 heavy (non-hydrogen) atoms. The van der Waals surface area contributed by atoms with Crippen LogP contribution in [-0.4, -0.2) is 47.5 Å². The number of carbonyl (C=O) groups is 1. The van der Waals surface area contributed by atoms with E-state index in [0.717, 1.165) is 47.9 Å². The lowest BCUT2D eigenvalue weighted by Gasteiger charge is -2.30. The first kappa shape index (κ1) is 27.2. The molecule has 0 bridgehead atoms. The van der Waals surface area contributed by atoms with E-state index in [4.69, 9.17) is 9.15 Å². The van der Waals surface area contributed by atoms with E-state index in [1.165, 1.54) is 6.42 Å². The third kappa shape index (κ3) is 7.35. The fourth-order valence-corrected chi connectivity index (χ4v) is 5.26. The molecule has 1 fully saturated rings. The monoisotopic (exact) mass is 508 g/mol. The minimum Gasteiger partial charge on any atom is -0.497 e. The van der Waals surface area contributed by atoms with Gasteiger partial charge in [-0.25, -0.2) is 0 Å². The van der Waals surface area contributed by atoms with E-state index < -0.39 is 31.1 Å². The van der Waals surface area contributed by atoms with Gasteiger partial charge < -0.3 is 29.6 Å². The van der Waals surface area contributed by atoms with E-state index >= 15 is 0 Å². The van der Waals surface area contributed by atoms with Crippen LogP contribution in [0.3, 0.4) is 0 Å². The van der Waals surface area contributed by atoms with Gasteiger partial charge in [0.1, 0.15) is 17.6 Å². The highest BCUT2D eigenvalue weighted by Crippen LogP contribution is 2.30. The van der Waals surface area contributed by atoms with Crippen molar-refractivity contribution in [3.8, 4) is 5.75 Å². The van der Waals surface area contributed by atoms with Crippen LogP contribution in [-0.2, 0) is 17.8 Å². The number of benzene rings is 2. The molecule has 0 aliphatic heterocycles. The maximum absolute atomic E-state index is 13.5. The maximum atomic E-state index is 13.5. The molecule has 4 rings (SSSR count). The molecule has 2 unspecified atom stereocenters. The number of hydrogen-bond acceptors (Lipinski definition) is 7. The Kier molecular flexibility index (Phi) is 9.63. The zero-order chi connectivity index (χ0) is 26.2. The Morgan fingerprint density at radius 3 is 2.68 bits per heavy atom. The number of aliphatic hydroxyl groups excluding tert-OH is 1. The Hall–Kier alpha value is -2.85. The van der Waals surface area contributed by atoms with Crippen molar-refractivity contribution >= 4 is 24.0 Å². The van der Waals surface area contributed by atoms with Crippen molar-refractivity contribution in [1.82, 2.24) is 10.6 Å². The van der Waals surface area contributed by atoms with Gasteiger partial charge >= 0.3 is 7.12 Å². The zero-order valence-electron chi connectivity index (χ0n) is 21.3. The number of para-hydroxylation sites is 1. The van der Waals surface area contributed by atoms with E-state index in [9.17, 15) is 19.9 Å². The summed E-state index contributed by atoms with van der Waals surface area (Å²) in [6.07, 6.45) is 6.69. The van der Waals surface area contributed by atoms with Gasteiger partial charge in [0.15, 0.2) is 0 Å². The number of fused-ring (bicyclic) bond motifs is 1. The molecule has 8 nitrogen and oxygen atoms in total. The van der Waals surface area contributed by atoms with Gasteiger partial charge in [0.05, 0.1) is 25.2 Å². The quantitative estimate of drug-likeness (QED) is 0.188. The molecule has 1 heterocycles. The molecule has 9 heteroatoms. The minimum absolute atomic E-state index is 0.184. The Balaban J connectivity index is 1.46. The molecule has 198 valence electrons. The van der Waals surface area contributed by atoms with Crippen molar-refractivity contribution in [1.29, 1.82) is 0 Å². The number of hydrogen-bond donors (Lipinski definition) is 5. The molecule has 1 aliphatic rings. The predicted molar refractivity (Wildman–Crippen MR) is 143 cm³/mol. The second kappa shape index (κ2) is 13.1. The standard InChI is InChI=1S/C28H37BN2O6/c1-36-22-11-7-10-20(14-22)17-30-27(32)24(15-19-8-3-2-4-9-19)28(33)31-26(29(34)35)16-21-18-37-25-13-6-5-12-23(21)25/h5-7,10-14,18-19,24,26-27,30,32,34-35H,2-4,8-9,15-17H2,1H3,(H,31,33)/t24?,26-,27?/m0/s1. The minimum atomic E-state index is -1.77. The van der Waals surface area contributed by atoms with Crippen molar-refractivity contribution in [2.75, 3.05) is 7.11 Å². The number of aliphatic hydroxyl groups is 1. The molecule has 1 amide bonds. The van der Waals surface area contributed by atoms with Crippen LogP contribution in [0.4, 0.5) is 0 Å². The maximum Gasteiger partial charge on any atom is 0.475 e. The summed E-state index contributed by atoms with van der Waals surface area (Å²) in [5.74, 6) is -1.03. The number of furan rings is 1. The second-order valence-electron chi connectivity index (χ2n) is 10.0. The fourth-order valence-electron chi connectivity index (χ4n) is 5.26. The molecule has 1 aromatic heterocycles. The van der Waals surface area contributed by atoms with Gasteiger partial charge in [0.2, 0.25) is 5.91 Å². The highest BCUT2D eigenvalue weighted by Gasteiger charge is 2.34. The fraction of sp³-hybridized carbons (Fsp3) is 0.464. The van der Waals surface area contributed by atoms with Crippen LogP contribution < -0.4 is 15.4 Å². The summed E-state index contributed by atoms with van der Waals surface area (Å²) in [5, 5.41) is 38.1. The van der Waals surface area contributed by atoms with Crippen molar-refractivity contribution in [2.45, 2.75) is 63.7 Å². The molecule has 5 N–H and O–H groups in total. The Morgan fingerprint density at radius 1 is 1.14 bits per heavy atom. The van der Waals surface area contributed by atoms with Crippen molar-refractivity contribution in [2.24, 2.45) is 11.8 Å². The van der Waals surface area contributed by atoms with E-state index in [-0.39, 0.29) is 6.42 Å². The molecule has 3 aromatic rings. The number of rotatable bonds is 12. The number of nitrogens with one attached hydrogen (secondary N) is 2. The summed E-state index contributed by atoms with van der Waals surface area (Å²) < 4.78 is 10.9. The largest absolute Gasteiger partial charge is 0.497 e. The average Bonchev–Trinajstić information content (AvgIpc) is 3.33. The molecule has 2 aromatic carbocycles. The van der Waals surface area contributed by atoms with Crippen LogP contribution in [0.2, 0.25) is 0 Å².